The Hall–Kier alpha value is -2.57. The molecule has 27 heavy (non-hydrogen) atoms. The van der Waals surface area contributed by atoms with Crippen molar-refractivity contribution in [2.45, 2.75) is 11.8 Å². The molecule has 140 valence electrons. The molecule has 3 aromatic carbocycles. The number of anilines is 1. The first-order chi connectivity index (χ1) is 12.9. The summed E-state index contributed by atoms with van der Waals surface area (Å²) in [6.45, 7) is 1.43. The molecule has 0 unspecified atom stereocenters. The van der Waals surface area contributed by atoms with Crippen LogP contribution in [0.15, 0.2) is 71.6 Å². The third-order valence-electron chi connectivity index (χ3n) is 4.00. The van der Waals surface area contributed by atoms with Crippen LogP contribution >= 0.6 is 11.6 Å². The molecule has 3 rings (SSSR count). The summed E-state index contributed by atoms with van der Waals surface area (Å²) in [6, 6.07) is 18.6. The van der Waals surface area contributed by atoms with Gasteiger partial charge in [0, 0.05) is 5.02 Å². The molecule has 0 radical (unpaired) electrons. The van der Waals surface area contributed by atoms with Crippen molar-refractivity contribution in [1.29, 1.82) is 0 Å². The fraction of sp³-hybridized carbons (Fsp3) is 0.150. The number of sulfonamides is 1. The molecule has 0 heterocycles. The van der Waals surface area contributed by atoms with Crippen molar-refractivity contribution in [1.82, 2.24) is 0 Å². The summed E-state index contributed by atoms with van der Waals surface area (Å²) in [6.07, 6.45) is 0. The van der Waals surface area contributed by atoms with Gasteiger partial charge in [0.2, 0.25) is 0 Å². The highest BCUT2D eigenvalue weighted by Gasteiger charge is 2.27. The van der Waals surface area contributed by atoms with Gasteiger partial charge >= 0.3 is 5.97 Å². The van der Waals surface area contributed by atoms with Gasteiger partial charge in [-0.05, 0) is 54.1 Å². The molecular formula is C20H18ClNO4S. The van der Waals surface area contributed by atoms with Crippen LogP contribution in [0.2, 0.25) is 5.02 Å². The first-order valence-electron chi connectivity index (χ1n) is 8.34. The van der Waals surface area contributed by atoms with Gasteiger partial charge in [0.05, 0.1) is 17.2 Å². The highest BCUT2D eigenvalue weighted by molar-refractivity contribution is 7.92. The van der Waals surface area contributed by atoms with E-state index in [0.29, 0.717) is 10.7 Å². The van der Waals surface area contributed by atoms with Crippen molar-refractivity contribution in [2.75, 3.05) is 17.5 Å². The molecular weight excluding hydrogens is 386 g/mol. The Labute approximate surface area is 163 Å². The molecule has 0 aliphatic rings. The number of halogens is 1. The van der Waals surface area contributed by atoms with Crippen LogP contribution < -0.4 is 4.31 Å². The maximum Gasteiger partial charge on any atom is 0.326 e. The number of fused-ring (bicyclic) bond motifs is 1. The summed E-state index contributed by atoms with van der Waals surface area (Å²) < 4.78 is 32.4. The second kappa shape index (κ2) is 7.98. The largest absolute Gasteiger partial charge is 0.465 e. The van der Waals surface area contributed by atoms with Crippen molar-refractivity contribution < 1.29 is 17.9 Å². The van der Waals surface area contributed by atoms with Gasteiger partial charge in [-0.25, -0.2) is 8.42 Å². The molecule has 0 fully saturated rings. The van der Waals surface area contributed by atoms with E-state index in [-0.39, 0.29) is 11.5 Å². The van der Waals surface area contributed by atoms with Gasteiger partial charge in [-0.15, -0.1) is 0 Å². The Kier molecular flexibility index (Phi) is 5.68. The van der Waals surface area contributed by atoms with Crippen LogP contribution in [0.4, 0.5) is 5.69 Å². The zero-order valence-corrected chi connectivity index (χ0v) is 16.2. The summed E-state index contributed by atoms with van der Waals surface area (Å²) in [5, 5.41) is 2.27. The summed E-state index contributed by atoms with van der Waals surface area (Å²) in [7, 11) is -3.98. The standard InChI is InChI=1S/C20H18ClNO4S/c1-2-26-20(23)14-22(27(24,25)19-11-8-17(21)9-12-19)18-10-7-15-5-3-4-6-16(15)13-18/h3-13H,2,14H2,1H3. The third-order valence-corrected chi connectivity index (χ3v) is 6.04. The van der Waals surface area contributed by atoms with E-state index in [1.54, 1.807) is 19.1 Å². The quantitative estimate of drug-likeness (QED) is 0.577. The zero-order valence-electron chi connectivity index (χ0n) is 14.6. The van der Waals surface area contributed by atoms with Crippen molar-refractivity contribution in [2.24, 2.45) is 0 Å². The fourth-order valence-corrected chi connectivity index (χ4v) is 4.23. The van der Waals surface area contributed by atoms with Crippen LogP contribution in [0.5, 0.6) is 0 Å². The minimum atomic E-state index is -3.98. The lowest BCUT2D eigenvalue weighted by molar-refractivity contribution is -0.141. The van der Waals surface area contributed by atoms with Crippen molar-refractivity contribution in [3.05, 3.63) is 71.8 Å². The Morgan fingerprint density at radius 2 is 1.67 bits per heavy atom. The first-order valence-corrected chi connectivity index (χ1v) is 10.2. The summed E-state index contributed by atoms with van der Waals surface area (Å²) >= 11 is 5.87. The van der Waals surface area contributed by atoms with Gasteiger partial charge in [-0.1, -0.05) is 41.9 Å². The molecule has 0 aliphatic carbocycles. The third kappa shape index (κ3) is 4.23. The van der Waals surface area contributed by atoms with Crippen LogP contribution in [0.1, 0.15) is 6.92 Å². The summed E-state index contributed by atoms with van der Waals surface area (Å²) in [5.74, 6) is -0.622. The lowest BCUT2D eigenvalue weighted by atomic mass is 10.1. The minimum Gasteiger partial charge on any atom is -0.465 e. The average molecular weight is 404 g/mol. The monoisotopic (exact) mass is 403 g/mol. The normalized spacial score (nSPS) is 11.3. The lowest BCUT2D eigenvalue weighted by Gasteiger charge is -2.24. The minimum absolute atomic E-state index is 0.0457. The fourth-order valence-electron chi connectivity index (χ4n) is 2.70. The van der Waals surface area contributed by atoms with Crippen LogP contribution in [-0.4, -0.2) is 27.5 Å². The molecule has 0 saturated carbocycles. The van der Waals surface area contributed by atoms with Crippen LogP contribution in [0.25, 0.3) is 10.8 Å². The van der Waals surface area contributed by atoms with Crippen molar-refractivity contribution >= 4 is 44.1 Å². The average Bonchev–Trinajstić information content (AvgIpc) is 2.66. The maximum atomic E-state index is 13.2. The zero-order chi connectivity index (χ0) is 19.4. The van der Waals surface area contributed by atoms with E-state index in [1.807, 2.05) is 30.3 Å². The molecule has 0 aliphatic heterocycles. The van der Waals surface area contributed by atoms with Gasteiger partial charge < -0.3 is 4.74 Å². The molecule has 0 saturated heterocycles. The van der Waals surface area contributed by atoms with E-state index in [9.17, 15) is 13.2 Å². The van der Waals surface area contributed by atoms with Gasteiger partial charge in [0.1, 0.15) is 6.54 Å². The Balaban J connectivity index is 2.09. The van der Waals surface area contributed by atoms with Crippen LogP contribution in [-0.2, 0) is 19.6 Å². The van der Waals surface area contributed by atoms with Crippen LogP contribution in [0.3, 0.4) is 0 Å². The predicted molar refractivity (Wildman–Crippen MR) is 107 cm³/mol. The molecule has 0 spiro atoms. The Bertz CT molecular complexity index is 1060. The molecule has 0 amide bonds. The number of carbonyl (C=O) groups excluding carboxylic acids is 1. The van der Waals surface area contributed by atoms with Gasteiger partial charge in [0.25, 0.3) is 10.0 Å². The topological polar surface area (TPSA) is 63.7 Å². The lowest BCUT2D eigenvalue weighted by Crippen LogP contribution is -2.36. The summed E-state index contributed by atoms with van der Waals surface area (Å²) in [5.41, 5.74) is 0.386. The number of ether oxygens (including phenoxy) is 1. The van der Waals surface area contributed by atoms with Crippen molar-refractivity contribution in [3.8, 4) is 0 Å². The molecule has 0 bridgehead atoms. The van der Waals surface area contributed by atoms with E-state index in [2.05, 4.69) is 0 Å². The predicted octanol–water partition coefficient (Wildman–Crippen LogP) is 4.25. The molecule has 0 atom stereocenters. The maximum absolute atomic E-state index is 13.2. The van der Waals surface area contributed by atoms with E-state index in [1.165, 1.54) is 24.3 Å². The molecule has 7 heteroatoms. The highest BCUT2D eigenvalue weighted by atomic mass is 35.5. The SMILES string of the molecule is CCOC(=O)CN(c1ccc2ccccc2c1)S(=O)(=O)c1ccc(Cl)cc1. The first kappa shape index (κ1) is 19.2. The molecule has 3 aromatic rings. The molecule has 0 N–H and O–H groups in total. The second-order valence-electron chi connectivity index (χ2n) is 5.80. The van der Waals surface area contributed by atoms with Gasteiger partial charge in [-0.3, -0.25) is 9.10 Å². The highest BCUT2D eigenvalue weighted by Crippen LogP contribution is 2.28. The number of carbonyl (C=O) groups is 1. The van der Waals surface area contributed by atoms with Gasteiger partial charge in [0.15, 0.2) is 0 Å². The summed E-state index contributed by atoms with van der Waals surface area (Å²) in [4.78, 5) is 12.1. The number of hydrogen-bond donors (Lipinski definition) is 0. The van der Waals surface area contributed by atoms with E-state index < -0.39 is 22.5 Å². The Morgan fingerprint density at radius 3 is 2.33 bits per heavy atom. The van der Waals surface area contributed by atoms with Crippen LogP contribution in [0, 0.1) is 0 Å². The van der Waals surface area contributed by atoms with Crippen molar-refractivity contribution in [3.63, 3.8) is 0 Å². The second-order valence-corrected chi connectivity index (χ2v) is 8.10. The van der Waals surface area contributed by atoms with Gasteiger partial charge in [-0.2, -0.15) is 0 Å². The smallest absolute Gasteiger partial charge is 0.326 e. The Morgan fingerprint density at radius 1 is 1.00 bits per heavy atom. The number of nitrogens with zero attached hydrogens (tertiary/aromatic N) is 1. The number of esters is 1. The van der Waals surface area contributed by atoms with E-state index >= 15 is 0 Å². The van der Waals surface area contributed by atoms with E-state index in [4.69, 9.17) is 16.3 Å². The van der Waals surface area contributed by atoms with E-state index in [0.717, 1.165) is 15.1 Å². The molecule has 5 nitrogen and oxygen atoms in total. The number of rotatable bonds is 6. The number of benzene rings is 3. The number of hydrogen-bond acceptors (Lipinski definition) is 4. The molecule has 0 aromatic heterocycles.